The highest BCUT2D eigenvalue weighted by atomic mass is 35.5. The van der Waals surface area contributed by atoms with Crippen LogP contribution in [0, 0.1) is 0 Å². The third-order valence-electron chi connectivity index (χ3n) is 3.93. The summed E-state index contributed by atoms with van der Waals surface area (Å²) in [5.74, 6) is -0.479. The molecule has 1 amide bonds. The summed E-state index contributed by atoms with van der Waals surface area (Å²) in [5, 5.41) is 0.737. The molecule has 140 valence electrons. The van der Waals surface area contributed by atoms with Crippen molar-refractivity contribution in [1.82, 2.24) is 9.80 Å². The van der Waals surface area contributed by atoms with E-state index in [0.29, 0.717) is 35.3 Å². The maximum atomic E-state index is 12.8. The first-order valence-corrected chi connectivity index (χ1v) is 9.30. The van der Waals surface area contributed by atoms with Crippen molar-refractivity contribution in [3.8, 4) is 0 Å². The lowest BCUT2D eigenvalue weighted by Crippen LogP contribution is -2.40. The fourth-order valence-electron chi connectivity index (χ4n) is 2.39. The molecule has 0 atom stereocenters. The fourth-order valence-corrected chi connectivity index (χ4v) is 2.69. The predicted octanol–water partition coefficient (Wildman–Crippen LogP) is 3.73. The lowest BCUT2D eigenvalue weighted by molar-refractivity contribution is -0.143. The van der Waals surface area contributed by atoms with E-state index in [4.69, 9.17) is 27.9 Å². The van der Waals surface area contributed by atoms with Crippen molar-refractivity contribution >= 4 is 35.1 Å². The normalized spacial score (nSPS) is 10.8. The summed E-state index contributed by atoms with van der Waals surface area (Å²) < 4.78 is 4.95. The molecule has 5 nitrogen and oxygen atoms in total. The zero-order valence-electron chi connectivity index (χ0n) is 15.1. The minimum atomic E-state index is -0.308. The van der Waals surface area contributed by atoms with Gasteiger partial charge in [-0.2, -0.15) is 0 Å². The largest absolute Gasteiger partial charge is 0.466 e. The summed E-state index contributed by atoms with van der Waals surface area (Å²) in [6.07, 6.45) is 0.166. The van der Waals surface area contributed by atoms with Gasteiger partial charge in [-0.05, 0) is 38.2 Å². The number of benzene rings is 1. The van der Waals surface area contributed by atoms with E-state index in [-0.39, 0.29) is 18.3 Å². The zero-order chi connectivity index (χ0) is 18.8. The molecule has 0 unspecified atom stereocenters. The van der Waals surface area contributed by atoms with Crippen LogP contribution in [0.4, 0.5) is 0 Å². The van der Waals surface area contributed by atoms with E-state index in [1.54, 1.807) is 30.0 Å². The van der Waals surface area contributed by atoms with E-state index >= 15 is 0 Å². The Hall–Kier alpha value is -1.30. The number of nitrogens with zero attached hydrogens (tertiary/aromatic N) is 2. The number of rotatable bonds is 10. The monoisotopic (exact) mass is 388 g/mol. The zero-order valence-corrected chi connectivity index (χ0v) is 16.6. The number of ether oxygens (including phenoxy) is 1. The van der Waals surface area contributed by atoms with Crippen LogP contribution in [-0.4, -0.2) is 61.0 Å². The van der Waals surface area contributed by atoms with Gasteiger partial charge in [0.15, 0.2) is 0 Å². The van der Waals surface area contributed by atoms with E-state index < -0.39 is 0 Å². The number of carbonyl (C=O) groups is 2. The molecule has 0 aliphatic heterocycles. The van der Waals surface area contributed by atoms with Crippen molar-refractivity contribution in [2.75, 3.05) is 39.3 Å². The number of hydrogen-bond acceptors (Lipinski definition) is 4. The van der Waals surface area contributed by atoms with Crippen LogP contribution in [0.2, 0.25) is 10.0 Å². The van der Waals surface area contributed by atoms with Gasteiger partial charge >= 0.3 is 5.97 Å². The lowest BCUT2D eigenvalue weighted by Gasteiger charge is -2.26. The van der Waals surface area contributed by atoms with Crippen molar-refractivity contribution in [1.29, 1.82) is 0 Å². The van der Waals surface area contributed by atoms with Gasteiger partial charge in [0.05, 0.1) is 23.1 Å². The molecule has 0 bridgehead atoms. The summed E-state index contributed by atoms with van der Waals surface area (Å²) >= 11 is 11.9. The Balaban J connectivity index is 2.84. The third kappa shape index (κ3) is 7.22. The van der Waals surface area contributed by atoms with Crippen molar-refractivity contribution in [3.63, 3.8) is 0 Å². The summed E-state index contributed by atoms with van der Waals surface area (Å²) in [7, 11) is 0. The second-order valence-electron chi connectivity index (χ2n) is 5.50. The highest BCUT2D eigenvalue weighted by Gasteiger charge is 2.19. The third-order valence-corrected chi connectivity index (χ3v) is 4.66. The Morgan fingerprint density at radius 1 is 1.00 bits per heavy atom. The van der Waals surface area contributed by atoms with Crippen LogP contribution in [0.25, 0.3) is 0 Å². The molecule has 1 rings (SSSR count). The molecule has 7 heteroatoms. The first kappa shape index (κ1) is 21.7. The Kier molecular flexibility index (Phi) is 9.86. The number of amides is 1. The minimum absolute atomic E-state index is 0.166. The quantitative estimate of drug-likeness (QED) is 0.573. The molecule has 0 saturated carbocycles. The van der Waals surface area contributed by atoms with E-state index in [1.807, 2.05) is 0 Å². The Bertz CT molecular complexity index is 577. The summed E-state index contributed by atoms with van der Waals surface area (Å²) in [4.78, 5) is 28.4. The van der Waals surface area contributed by atoms with Gasteiger partial charge in [-0.15, -0.1) is 0 Å². The molecule has 1 aromatic rings. The van der Waals surface area contributed by atoms with Gasteiger partial charge in [-0.1, -0.05) is 37.0 Å². The van der Waals surface area contributed by atoms with Crippen molar-refractivity contribution in [2.45, 2.75) is 27.2 Å². The SMILES string of the molecule is CCOC(=O)CCN(CCN(CC)CC)C(=O)c1ccc(Cl)c(Cl)c1. The summed E-state index contributed by atoms with van der Waals surface area (Å²) in [6.45, 7) is 9.63. The molecule has 0 spiro atoms. The number of halogens is 2. The fraction of sp³-hybridized carbons (Fsp3) is 0.556. The molecule has 0 aliphatic carbocycles. The molecule has 0 aromatic heterocycles. The van der Waals surface area contributed by atoms with E-state index in [9.17, 15) is 9.59 Å². The Morgan fingerprint density at radius 2 is 1.68 bits per heavy atom. The van der Waals surface area contributed by atoms with Crippen LogP contribution in [-0.2, 0) is 9.53 Å². The first-order valence-electron chi connectivity index (χ1n) is 8.55. The van der Waals surface area contributed by atoms with E-state index in [1.165, 1.54) is 0 Å². The van der Waals surface area contributed by atoms with Gasteiger partial charge in [0.25, 0.3) is 5.91 Å². The molecule has 0 heterocycles. The second kappa shape index (κ2) is 11.3. The van der Waals surface area contributed by atoms with Crippen LogP contribution in [0.3, 0.4) is 0 Å². The van der Waals surface area contributed by atoms with Gasteiger partial charge in [-0.3, -0.25) is 9.59 Å². The van der Waals surface area contributed by atoms with Crippen LogP contribution in [0.1, 0.15) is 37.6 Å². The topological polar surface area (TPSA) is 49.9 Å². The maximum Gasteiger partial charge on any atom is 0.307 e. The van der Waals surface area contributed by atoms with Gasteiger partial charge in [-0.25, -0.2) is 0 Å². The maximum absolute atomic E-state index is 12.8. The predicted molar refractivity (Wildman–Crippen MR) is 101 cm³/mol. The van der Waals surface area contributed by atoms with Crippen LogP contribution in [0.15, 0.2) is 18.2 Å². The molecular weight excluding hydrogens is 363 g/mol. The van der Waals surface area contributed by atoms with E-state index in [2.05, 4.69) is 18.7 Å². The lowest BCUT2D eigenvalue weighted by atomic mass is 10.2. The molecule has 0 saturated heterocycles. The van der Waals surface area contributed by atoms with Crippen molar-refractivity contribution in [2.24, 2.45) is 0 Å². The Morgan fingerprint density at radius 3 is 2.24 bits per heavy atom. The molecule has 0 aliphatic rings. The van der Waals surface area contributed by atoms with Crippen LogP contribution in [0.5, 0.6) is 0 Å². The molecule has 25 heavy (non-hydrogen) atoms. The van der Waals surface area contributed by atoms with Gasteiger partial charge < -0.3 is 14.5 Å². The van der Waals surface area contributed by atoms with Crippen LogP contribution >= 0.6 is 23.2 Å². The number of likely N-dealkylation sites (N-methyl/N-ethyl adjacent to an activating group) is 1. The van der Waals surface area contributed by atoms with Gasteiger partial charge in [0, 0.05) is 25.2 Å². The standard InChI is InChI=1S/C18H26Cl2N2O3/c1-4-21(5-2)11-12-22(10-9-17(23)25-6-3)18(24)14-7-8-15(19)16(20)13-14/h7-8,13H,4-6,9-12H2,1-3H3. The molecule has 0 fully saturated rings. The van der Waals surface area contributed by atoms with Gasteiger partial charge in [0.1, 0.15) is 0 Å². The smallest absolute Gasteiger partial charge is 0.307 e. The minimum Gasteiger partial charge on any atom is -0.466 e. The van der Waals surface area contributed by atoms with Crippen molar-refractivity contribution < 1.29 is 14.3 Å². The Labute approximate surface area is 159 Å². The first-order chi connectivity index (χ1) is 11.9. The highest BCUT2D eigenvalue weighted by Crippen LogP contribution is 2.23. The van der Waals surface area contributed by atoms with Gasteiger partial charge in [0.2, 0.25) is 0 Å². The van der Waals surface area contributed by atoms with Crippen molar-refractivity contribution in [3.05, 3.63) is 33.8 Å². The second-order valence-corrected chi connectivity index (χ2v) is 6.32. The molecule has 0 radical (unpaired) electrons. The number of carbonyl (C=O) groups excluding carboxylic acids is 2. The number of esters is 1. The summed E-state index contributed by atoms with van der Waals surface area (Å²) in [6, 6.07) is 4.80. The average Bonchev–Trinajstić information content (AvgIpc) is 2.60. The average molecular weight is 389 g/mol. The van der Waals surface area contributed by atoms with Crippen LogP contribution < -0.4 is 0 Å². The number of hydrogen-bond donors (Lipinski definition) is 0. The molecule has 1 aromatic carbocycles. The van der Waals surface area contributed by atoms with E-state index in [0.717, 1.165) is 19.6 Å². The molecule has 0 N–H and O–H groups in total. The highest BCUT2D eigenvalue weighted by molar-refractivity contribution is 6.42. The summed E-state index contributed by atoms with van der Waals surface area (Å²) in [5.41, 5.74) is 0.456. The molecular formula is C18H26Cl2N2O3.